The third-order valence-electron chi connectivity index (χ3n) is 3.43. The van der Waals surface area contributed by atoms with Crippen molar-refractivity contribution in [2.75, 3.05) is 24.2 Å². The molecule has 0 saturated carbocycles. The van der Waals surface area contributed by atoms with Gasteiger partial charge in [0.1, 0.15) is 18.1 Å². The molecule has 0 radical (unpaired) electrons. The summed E-state index contributed by atoms with van der Waals surface area (Å²) in [5.74, 6) is -0.355. The Morgan fingerprint density at radius 3 is 2.48 bits per heavy atom. The first-order valence-corrected chi connectivity index (χ1v) is 9.27. The van der Waals surface area contributed by atoms with Gasteiger partial charge in [-0.1, -0.05) is 18.2 Å². The molecule has 134 valence electrons. The highest BCUT2D eigenvalue weighted by atomic mass is 32.2. The van der Waals surface area contributed by atoms with Crippen LogP contribution in [0.3, 0.4) is 0 Å². The third kappa shape index (κ3) is 5.46. The van der Waals surface area contributed by atoms with Crippen LogP contribution in [-0.4, -0.2) is 34.2 Å². The van der Waals surface area contributed by atoms with Gasteiger partial charge in [0, 0.05) is 12.6 Å². The summed E-state index contributed by atoms with van der Waals surface area (Å²) in [4.78, 5) is 12.1. The Hall–Kier alpha value is -2.61. The number of hydrogen-bond donors (Lipinski definition) is 1. The van der Waals surface area contributed by atoms with E-state index in [1.54, 1.807) is 30.3 Å². The number of halogens is 1. The number of rotatable bonds is 7. The Labute approximate surface area is 146 Å². The molecular formula is C17H19FN2O4S. The lowest BCUT2D eigenvalue weighted by Crippen LogP contribution is -2.40. The van der Waals surface area contributed by atoms with Crippen LogP contribution in [0.2, 0.25) is 0 Å². The van der Waals surface area contributed by atoms with Crippen molar-refractivity contribution in [1.29, 1.82) is 0 Å². The molecule has 25 heavy (non-hydrogen) atoms. The van der Waals surface area contributed by atoms with Crippen LogP contribution in [-0.2, 0) is 21.4 Å². The van der Waals surface area contributed by atoms with Crippen molar-refractivity contribution in [1.82, 2.24) is 5.32 Å². The third-order valence-corrected chi connectivity index (χ3v) is 4.57. The lowest BCUT2D eigenvalue weighted by molar-refractivity contribution is -0.119. The van der Waals surface area contributed by atoms with E-state index in [0.717, 1.165) is 10.6 Å². The number of carbonyl (C=O) groups excluding carboxylic acids is 1. The molecule has 0 saturated heterocycles. The summed E-state index contributed by atoms with van der Waals surface area (Å²) < 4.78 is 43.0. The zero-order valence-electron chi connectivity index (χ0n) is 13.9. The maximum atomic E-state index is 12.9. The van der Waals surface area contributed by atoms with Gasteiger partial charge in [-0.25, -0.2) is 12.8 Å². The number of anilines is 1. The minimum Gasteiger partial charge on any atom is -0.497 e. The van der Waals surface area contributed by atoms with Crippen LogP contribution in [0.1, 0.15) is 5.56 Å². The lowest BCUT2D eigenvalue weighted by atomic mass is 10.2. The Bertz CT molecular complexity index is 838. The molecule has 2 aromatic rings. The van der Waals surface area contributed by atoms with Gasteiger partial charge in [0.05, 0.1) is 19.1 Å². The number of hydrogen-bond acceptors (Lipinski definition) is 4. The quantitative estimate of drug-likeness (QED) is 0.812. The molecule has 0 aromatic heterocycles. The number of methoxy groups -OCH3 is 1. The minimum absolute atomic E-state index is 0.175. The molecule has 8 heteroatoms. The number of sulfonamides is 1. The summed E-state index contributed by atoms with van der Waals surface area (Å²) in [5, 5.41) is 2.62. The second-order valence-electron chi connectivity index (χ2n) is 5.37. The zero-order valence-corrected chi connectivity index (χ0v) is 14.7. The smallest absolute Gasteiger partial charge is 0.241 e. The maximum Gasteiger partial charge on any atom is 0.241 e. The predicted octanol–water partition coefficient (Wildman–Crippen LogP) is 1.92. The topological polar surface area (TPSA) is 75.7 Å². The number of amides is 1. The fourth-order valence-electron chi connectivity index (χ4n) is 2.15. The van der Waals surface area contributed by atoms with Gasteiger partial charge in [-0.2, -0.15) is 0 Å². The van der Waals surface area contributed by atoms with Crippen molar-refractivity contribution in [2.45, 2.75) is 6.54 Å². The van der Waals surface area contributed by atoms with E-state index in [4.69, 9.17) is 4.74 Å². The van der Waals surface area contributed by atoms with Crippen LogP contribution in [0.5, 0.6) is 5.75 Å². The molecule has 0 aliphatic heterocycles. The highest BCUT2D eigenvalue weighted by molar-refractivity contribution is 7.92. The average Bonchev–Trinajstić information content (AvgIpc) is 2.58. The van der Waals surface area contributed by atoms with E-state index in [-0.39, 0.29) is 18.9 Å². The van der Waals surface area contributed by atoms with Crippen molar-refractivity contribution in [3.63, 3.8) is 0 Å². The van der Waals surface area contributed by atoms with Gasteiger partial charge in [0.25, 0.3) is 0 Å². The summed E-state index contributed by atoms with van der Waals surface area (Å²) in [6.07, 6.45) is 1.03. The van der Waals surface area contributed by atoms with Crippen molar-refractivity contribution < 1.29 is 22.3 Å². The molecule has 2 rings (SSSR count). The van der Waals surface area contributed by atoms with Gasteiger partial charge >= 0.3 is 0 Å². The van der Waals surface area contributed by atoms with Crippen LogP contribution in [0.4, 0.5) is 10.1 Å². The van der Waals surface area contributed by atoms with Crippen LogP contribution in [0.25, 0.3) is 0 Å². The van der Waals surface area contributed by atoms with Crippen LogP contribution in [0.15, 0.2) is 48.5 Å². The van der Waals surface area contributed by atoms with Gasteiger partial charge in [-0.3, -0.25) is 9.10 Å². The second-order valence-corrected chi connectivity index (χ2v) is 7.28. The molecule has 2 aromatic carbocycles. The highest BCUT2D eigenvalue weighted by Crippen LogP contribution is 2.22. The van der Waals surface area contributed by atoms with E-state index < -0.39 is 15.9 Å². The lowest BCUT2D eigenvalue weighted by Gasteiger charge is -2.22. The number of nitrogens with one attached hydrogen (secondary N) is 1. The maximum absolute atomic E-state index is 12.9. The number of nitrogens with zero attached hydrogens (tertiary/aromatic N) is 1. The molecule has 0 unspecified atom stereocenters. The Kier molecular flexibility index (Phi) is 5.97. The zero-order chi connectivity index (χ0) is 18.4. The van der Waals surface area contributed by atoms with E-state index in [0.29, 0.717) is 17.0 Å². The summed E-state index contributed by atoms with van der Waals surface area (Å²) >= 11 is 0. The summed E-state index contributed by atoms with van der Waals surface area (Å²) in [7, 11) is -2.19. The first kappa shape index (κ1) is 18.7. The monoisotopic (exact) mass is 366 g/mol. The van der Waals surface area contributed by atoms with Gasteiger partial charge < -0.3 is 10.1 Å². The second kappa shape index (κ2) is 7.98. The Morgan fingerprint density at radius 1 is 1.20 bits per heavy atom. The molecule has 0 atom stereocenters. The van der Waals surface area contributed by atoms with Crippen molar-refractivity contribution in [3.05, 3.63) is 59.9 Å². The van der Waals surface area contributed by atoms with E-state index in [9.17, 15) is 17.6 Å². The largest absolute Gasteiger partial charge is 0.497 e. The highest BCUT2D eigenvalue weighted by Gasteiger charge is 2.21. The van der Waals surface area contributed by atoms with Gasteiger partial charge in [0.15, 0.2) is 0 Å². The first-order chi connectivity index (χ1) is 11.8. The summed E-state index contributed by atoms with van der Waals surface area (Å²) in [5.41, 5.74) is 1.04. The minimum atomic E-state index is -3.66. The van der Waals surface area contributed by atoms with Crippen LogP contribution < -0.4 is 14.4 Å². The van der Waals surface area contributed by atoms with Crippen molar-refractivity contribution in [3.8, 4) is 5.75 Å². The average molecular weight is 366 g/mol. The number of ether oxygens (including phenoxy) is 1. The van der Waals surface area contributed by atoms with Gasteiger partial charge in [0.2, 0.25) is 15.9 Å². The SMILES string of the molecule is COc1cccc(N(CC(=O)NCc2ccc(F)cc2)S(C)(=O)=O)c1. The summed E-state index contributed by atoms with van der Waals surface area (Å²) in [6.45, 7) is -0.192. The van der Waals surface area contributed by atoms with E-state index in [1.165, 1.54) is 25.3 Å². The summed E-state index contributed by atoms with van der Waals surface area (Å²) in [6, 6.07) is 12.1. The molecule has 1 N–H and O–H groups in total. The number of benzene rings is 2. The van der Waals surface area contributed by atoms with Crippen LogP contribution in [0, 0.1) is 5.82 Å². The van der Waals surface area contributed by atoms with Crippen molar-refractivity contribution >= 4 is 21.6 Å². The van der Waals surface area contributed by atoms with E-state index >= 15 is 0 Å². The first-order valence-electron chi connectivity index (χ1n) is 7.42. The Morgan fingerprint density at radius 2 is 1.88 bits per heavy atom. The molecule has 1 amide bonds. The molecule has 0 bridgehead atoms. The number of carbonyl (C=O) groups is 1. The normalized spacial score (nSPS) is 11.0. The standard InChI is InChI=1S/C17H19FN2O4S/c1-24-16-5-3-4-15(10-16)20(25(2,22)23)12-17(21)19-11-13-6-8-14(18)9-7-13/h3-10H,11-12H2,1-2H3,(H,19,21). The Balaban J connectivity index is 2.08. The molecule has 0 fully saturated rings. The molecule has 0 aliphatic rings. The van der Waals surface area contributed by atoms with E-state index in [1.807, 2.05) is 0 Å². The predicted molar refractivity (Wildman–Crippen MR) is 93.4 cm³/mol. The molecule has 0 aliphatic carbocycles. The molecular weight excluding hydrogens is 347 g/mol. The molecule has 6 nitrogen and oxygen atoms in total. The fourth-order valence-corrected chi connectivity index (χ4v) is 3.00. The van der Waals surface area contributed by atoms with Gasteiger partial charge in [-0.05, 0) is 29.8 Å². The fraction of sp³-hybridized carbons (Fsp3) is 0.235. The molecule has 0 heterocycles. The van der Waals surface area contributed by atoms with Crippen molar-refractivity contribution in [2.24, 2.45) is 0 Å². The molecule has 0 spiro atoms. The van der Waals surface area contributed by atoms with E-state index in [2.05, 4.69) is 5.32 Å². The van der Waals surface area contributed by atoms with Crippen LogP contribution >= 0.6 is 0 Å². The van der Waals surface area contributed by atoms with Gasteiger partial charge in [-0.15, -0.1) is 0 Å².